The lowest BCUT2D eigenvalue weighted by atomic mass is 9.96. The Hall–Kier alpha value is -0.450. The van der Waals surface area contributed by atoms with E-state index in [-0.39, 0.29) is 0 Å². The molecule has 1 aromatic heterocycles. The van der Waals surface area contributed by atoms with Gasteiger partial charge in [-0.05, 0) is 26.3 Å². The maximum absolute atomic E-state index is 5.68. The Labute approximate surface area is 88.5 Å². The highest BCUT2D eigenvalue weighted by molar-refractivity contribution is 7.09. The van der Waals surface area contributed by atoms with Gasteiger partial charge in [-0.15, -0.1) is 11.3 Å². The average molecular weight is 212 g/mol. The van der Waals surface area contributed by atoms with Crippen LogP contribution in [-0.4, -0.2) is 18.1 Å². The summed E-state index contributed by atoms with van der Waals surface area (Å²) in [7, 11) is 1.94. The third-order valence-corrected chi connectivity index (χ3v) is 3.34. The molecule has 2 rings (SSSR count). The van der Waals surface area contributed by atoms with Crippen molar-refractivity contribution in [1.29, 1.82) is 0 Å². The van der Waals surface area contributed by atoms with Gasteiger partial charge in [-0.1, -0.05) is 0 Å². The van der Waals surface area contributed by atoms with E-state index in [4.69, 9.17) is 4.74 Å². The topological polar surface area (TPSA) is 34.2 Å². The molecule has 3 nitrogen and oxygen atoms in total. The fourth-order valence-corrected chi connectivity index (χ4v) is 2.18. The van der Waals surface area contributed by atoms with Crippen molar-refractivity contribution in [3.05, 3.63) is 16.1 Å². The molecule has 4 heteroatoms. The summed E-state index contributed by atoms with van der Waals surface area (Å²) in [4.78, 5) is 4.46. The summed E-state index contributed by atoms with van der Waals surface area (Å²) >= 11 is 1.70. The molecule has 1 aromatic rings. The maximum Gasteiger partial charge on any atom is 0.107 e. The van der Waals surface area contributed by atoms with E-state index in [1.807, 2.05) is 7.05 Å². The fourth-order valence-electron chi connectivity index (χ4n) is 1.39. The highest BCUT2D eigenvalue weighted by atomic mass is 32.1. The highest BCUT2D eigenvalue weighted by Gasteiger charge is 2.18. The van der Waals surface area contributed by atoms with Gasteiger partial charge in [0.1, 0.15) is 5.01 Å². The minimum absolute atomic E-state index is 0.504. The third kappa shape index (κ3) is 2.53. The van der Waals surface area contributed by atoms with Crippen molar-refractivity contribution in [2.45, 2.75) is 38.5 Å². The van der Waals surface area contributed by atoms with E-state index in [0.29, 0.717) is 12.7 Å². The first-order valence-corrected chi connectivity index (χ1v) is 5.96. The molecule has 0 aliphatic heterocycles. The third-order valence-electron chi connectivity index (χ3n) is 2.45. The first-order valence-electron chi connectivity index (χ1n) is 5.08. The van der Waals surface area contributed by atoms with E-state index in [1.54, 1.807) is 11.3 Å². The van der Waals surface area contributed by atoms with Crippen LogP contribution in [0.4, 0.5) is 0 Å². The molecule has 14 heavy (non-hydrogen) atoms. The first kappa shape index (κ1) is 10.1. The number of nitrogens with one attached hydrogen (secondary N) is 1. The molecule has 0 aromatic carbocycles. The van der Waals surface area contributed by atoms with Gasteiger partial charge in [0.05, 0.1) is 18.4 Å². The number of nitrogens with zero attached hydrogens (tertiary/aromatic N) is 1. The molecule has 0 spiro atoms. The van der Waals surface area contributed by atoms with Gasteiger partial charge in [0.2, 0.25) is 0 Å². The average Bonchev–Trinajstić information content (AvgIpc) is 2.51. The Kier molecular flexibility index (Phi) is 3.50. The Morgan fingerprint density at radius 3 is 3.14 bits per heavy atom. The van der Waals surface area contributed by atoms with Crippen LogP contribution in [0.25, 0.3) is 0 Å². The molecule has 78 valence electrons. The minimum Gasteiger partial charge on any atom is -0.372 e. The van der Waals surface area contributed by atoms with Crippen molar-refractivity contribution in [2.24, 2.45) is 0 Å². The molecule has 1 N–H and O–H groups in total. The minimum atomic E-state index is 0.504. The SMILES string of the molecule is CNCc1nc(COC2CCC2)cs1. The Morgan fingerprint density at radius 1 is 1.64 bits per heavy atom. The molecular weight excluding hydrogens is 196 g/mol. The van der Waals surface area contributed by atoms with Crippen molar-refractivity contribution >= 4 is 11.3 Å². The van der Waals surface area contributed by atoms with Gasteiger partial charge in [-0.3, -0.25) is 0 Å². The number of aromatic nitrogens is 1. The lowest BCUT2D eigenvalue weighted by Crippen LogP contribution is -2.21. The quantitative estimate of drug-likeness (QED) is 0.810. The van der Waals surface area contributed by atoms with Gasteiger partial charge in [-0.25, -0.2) is 4.98 Å². The molecule has 1 heterocycles. The highest BCUT2D eigenvalue weighted by Crippen LogP contribution is 2.23. The fraction of sp³-hybridized carbons (Fsp3) is 0.700. The van der Waals surface area contributed by atoms with Crippen LogP contribution in [0, 0.1) is 0 Å². The van der Waals surface area contributed by atoms with Crippen LogP contribution in [0.2, 0.25) is 0 Å². The van der Waals surface area contributed by atoms with Crippen LogP contribution in [0.15, 0.2) is 5.38 Å². The monoisotopic (exact) mass is 212 g/mol. The van der Waals surface area contributed by atoms with Crippen molar-refractivity contribution in [2.75, 3.05) is 7.05 Å². The largest absolute Gasteiger partial charge is 0.372 e. The molecule has 0 radical (unpaired) electrons. The van der Waals surface area contributed by atoms with E-state index in [9.17, 15) is 0 Å². The molecule has 0 bridgehead atoms. The second-order valence-corrected chi connectivity index (χ2v) is 4.57. The molecular formula is C10H16N2OS. The second kappa shape index (κ2) is 4.87. The van der Waals surface area contributed by atoms with E-state index in [2.05, 4.69) is 15.7 Å². The van der Waals surface area contributed by atoms with Crippen molar-refractivity contribution in [3.8, 4) is 0 Å². The molecule has 0 unspecified atom stereocenters. The van der Waals surface area contributed by atoms with Gasteiger partial charge in [-0.2, -0.15) is 0 Å². The van der Waals surface area contributed by atoms with E-state index in [1.165, 1.54) is 19.3 Å². The summed E-state index contributed by atoms with van der Waals surface area (Å²) in [5.41, 5.74) is 1.08. The molecule has 1 aliphatic carbocycles. The Morgan fingerprint density at radius 2 is 2.50 bits per heavy atom. The predicted molar refractivity (Wildman–Crippen MR) is 57.3 cm³/mol. The normalized spacial score (nSPS) is 16.9. The molecule has 0 saturated heterocycles. The van der Waals surface area contributed by atoms with Gasteiger partial charge in [0.25, 0.3) is 0 Å². The predicted octanol–water partition coefficient (Wildman–Crippen LogP) is 1.93. The number of hydrogen-bond acceptors (Lipinski definition) is 4. The Bertz CT molecular complexity index is 283. The van der Waals surface area contributed by atoms with Gasteiger partial charge >= 0.3 is 0 Å². The molecule has 1 aliphatic rings. The van der Waals surface area contributed by atoms with E-state index < -0.39 is 0 Å². The van der Waals surface area contributed by atoms with Crippen LogP contribution >= 0.6 is 11.3 Å². The molecule has 0 atom stereocenters. The van der Waals surface area contributed by atoms with E-state index >= 15 is 0 Å². The summed E-state index contributed by atoms with van der Waals surface area (Å²) < 4.78 is 5.68. The maximum atomic E-state index is 5.68. The standard InChI is InChI=1S/C10H16N2OS/c1-11-5-10-12-8(7-14-10)6-13-9-3-2-4-9/h7,9,11H,2-6H2,1H3. The van der Waals surface area contributed by atoms with Crippen LogP contribution in [0.3, 0.4) is 0 Å². The van der Waals surface area contributed by atoms with Crippen LogP contribution in [0.5, 0.6) is 0 Å². The molecule has 1 fully saturated rings. The summed E-state index contributed by atoms with van der Waals surface area (Å²) in [5.74, 6) is 0. The number of hydrogen-bond donors (Lipinski definition) is 1. The van der Waals surface area contributed by atoms with Crippen molar-refractivity contribution in [1.82, 2.24) is 10.3 Å². The number of rotatable bonds is 5. The van der Waals surface area contributed by atoms with Crippen molar-refractivity contribution < 1.29 is 4.74 Å². The first-order chi connectivity index (χ1) is 6.88. The lowest BCUT2D eigenvalue weighted by Gasteiger charge is -2.24. The lowest BCUT2D eigenvalue weighted by molar-refractivity contribution is -0.00993. The van der Waals surface area contributed by atoms with Gasteiger partial charge in [0.15, 0.2) is 0 Å². The van der Waals surface area contributed by atoms with Crippen LogP contribution in [0.1, 0.15) is 30.0 Å². The Balaban J connectivity index is 1.77. The summed E-state index contributed by atoms with van der Waals surface area (Å²) in [5, 5.41) is 6.32. The van der Waals surface area contributed by atoms with Gasteiger partial charge in [0, 0.05) is 11.9 Å². The smallest absolute Gasteiger partial charge is 0.107 e. The van der Waals surface area contributed by atoms with Crippen LogP contribution < -0.4 is 5.32 Å². The zero-order valence-corrected chi connectivity index (χ0v) is 9.27. The molecule has 0 amide bonds. The number of thiazole rings is 1. The zero-order valence-electron chi connectivity index (χ0n) is 8.45. The second-order valence-electron chi connectivity index (χ2n) is 3.63. The molecule has 1 saturated carbocycles. The van der Waals surface area contributed by atoms with Gasteiger partial charge < -0.3 is 10.1 Å². The number of ether oxygens (including phenoxy) is 1. The van der Waals surface area contributed by atoms with Crippen molar-refractivity contribution in [3.63, 3.8) is 0 Å². The summed E-state index contributed by atoms with van der Waals surface area (Å²) in [6, 6.07) is 0. The summed E-state index contributed by atoms with van der Waals surface area (Å²) in [6.07, 6.45) is 4.29. The van der Waals surface area contributed by atoms with E-state index in [0.717, 1.165) is 17.2 Å². The summed E-state index contributed by atoms with van der Waals surface area (Å²) in [6.45, 7) is 1.54. The zero-order chi connectivity index (χ0) is 9.80. The van der Waals surface area contributed by atoms with Crippen LogP contribution in [-0.2, 0) is 17.9 Å².